The highest BCUT2D eigenvalue weighted by atomic mass is 19.1. The van der Waals surface area contributed by atoms with Crippen LogP contribution in [0.3, 0.4) is 0 Å². The third kappa shape index (κ3) is 4.00. The van der Waals surface area contributed by atoms with Gasteiger partial charge < -0.3 is 14.7 Å². The first-order valence-corrected chi connectivity index (χ1v) is 10.2. The van der Waals surface area contributed by atoms with Crippen LogP contribution in [0.5, 0.6) is 11.5 Å². The Morgan fingerprint density at radius 3 is 2.59 bits per heavy atom. The van der Waals surface area contributed by atoms with E-state index in [-0.39, 0.29) is 23.3 Å². The largest absolute Gasteiger partial charge is 0.504 e. The van der Waals surface area contributed by atoms with Crippen molar-refractivity contribution in [3.8, 4) is 11.5 Å². The number of hydrogen-bond donors (Lipinski definition) is 2. The summed E-state index contributed by atoms with van der Waals surface area (Å²) in [6.45, 7) is 5.16. The van der Waals surface area contributed by atoms with Crippen LogP contribution in [-0.4, -0.2) is 48.1 Å². The lowest BCUT2D eigenvalue weighted by atomic mass is 9.87. The second kappa shape index (κ2) is 8.13. The van der Waals surface area contributed by atoms with Gasteiger partial charge in [-0.15, -0.1) is 0 Å². The van der Waals surface area contributed by atoms with E-state index in [0.717, 1.165) is 49.3 Å². The van der Waals surface area contributed by atoms with Gasteiger partial charge in [-0.05, 0) is 43.1 Å². The summed E-state index contributed by atoms with van der Waals surface area (Å²) < 4.78 is 18.8. The first-order chi connectivity index (χ1) is 14.0. The maximum Gasteiger partial charge on any atom is 0.162 e. The predicted octanol–water partition coefficient (Wildman–Crippen LogP) is 3.88. The molecule has 2 aromatic rings. The Labute approximate surface area is 171 Å². The van der Waals surface area contributed by atoms with Crippen LogP contribution in [0.1, 0.15) is 43.4 Å². The molecule has 5 nitrogen and oxygen atoms in total. The second-order valence-corrected chi connectivity index (χ2v) is 7.83. The van der Waals surface area contributed by atoms with Crippen molar-refractivity contribution in [3.63, 3.8) is 0 Å². The minimum Gasteiger partial charge on any atom is -0.504 e. The lowest BCUT2D eigenvalue weighted by molar-refractivity contribution is 0.129. The summed E-state index contributed by atoms with van der Waals surface area (Å²) >= 11 is 0. The number of aliphatic imine (C=N–C) groups is 1. The summed E-state index contributed by atoms with van der Waals surface area (Å²) in [7, 11) is 1.56. The molecule has 1 unspecified atom stereocenters. The first kappa shape index (κ1) is 19.9. The summed E-state index contributed by atoms with van der Waals surface area (Å²) in [6.07, 6.45) is 2.41. The van der Waals surface area contributed by atoms with E-state index in [4.69, 9.17) is 9.73 Å². The molecule has 0 saturated carbocycles. The Balaban J connectivity index is 1.72. The van der Waals surface area contributed by atoms with Crippen molar-refractivity contribution < 1.29 is 14.2 Å². The number of nitrogens with one attached hydrogen (secondary N) is 1. The summed E-state index contributed by atoms with van der Waals surface area (Å²) in [5.41, 5.74) is 2.29. The van der Waals surface area contributed by atoms with Crippen LogP contribution in [0, 0.1) is 5.82 Å². The zero-order valence-electron chi connectivity index (χ0n) is 17.0. The molecule has 154 valence electrons. The zero-order chi connectivity index (χ0) is 20.4. The van der Waals surface area contributed by atoms with Gasteiger partial charge in [0.25, 0.3) is 0 Å². The molecule has 2 N–H and O–H groups in total. The van der Waals surface area contributed by atoms with Gasteiger partial charge in [0.15, 0.2) is 11.5 Å². The summed E-state index contributed by atoms with van der Waals surface area (Å²) in [5.74, 6) is 0.371. The molecule has 1 atom stereocenters. The van der Waals surface area contributed by atoms with Gasteiger partial charge in [-0.1, -0.05) is 31.2 Å². The molecular formula is C23H28FN3O2. The number of aromatic hydroxyl groups is 1. The molecule has 29 heavy (non-hydrogen) atoms. The fraction of sp³-hybridized carbons (Fsp3) is 0.435. The van der Waals surface area contributed by atoms with Crippen molar-refractivity contribution in [1.82, 2.24) is 10.2 Å². The number of rotatable bonds is 4. The van der Waals surface area contributed by atoms with Gasteiger partial charge in [0.1, 0.15) is 11.5 Å². The van der Waals surface area contributed by atoms with Crippen LogP contribution in [0.15, 0.2) is 47.5 Å². The molecule has 0 bridgehead atoms. The van der Waals surface area contributed by atoms with Crippen LogP contribution in [-0.2, 0) is 0 Å². The average molecular weight is 397 g/mol. The molecule has 4 rings (SSSR count). The van der Waals surface area contributed by atoms with E-state index in [1.165, 1.54) is 12.1 Å². The van der Waals surface area contributed by atoms with Gasteiger partial charge >= 0.3 is 0 Å². The smallest absolute Gasteiger partial charge is 0.162 e. The first-order valence-electron chi connectivity index (χ1n) is 10.2. The average Bonchev–Trinajstić information content (AvgIpc) is 2.74. The number of halogens is 1. The Morgan fingerprint density at radius 2 is 1.93 bits per heavy atom. The standard InChI is InChI=1S/C23H28FN3O2/c1-3-27-13-11-23(12-14-27)25-19(16-7-9-17(24)10-8-16)15-20(26-23)18-5-4-6-21(29-2)22(18)28/h4-10,20,26,28H,3,11-15H2,1-2H3. The quantitative estimate of drug-likeness (QED) is 0.822. The SMILES string of the molecule is CCN1CCC2(CC1)N=C(c1ccc(F)cc1)CC(c1cccc(OC)c1O)N2. The maximum atomic E-state index is 13.5. The Kier molecular flexibility index (Phi) is 5.56. The van der Waals surface area contributed by atoms with Crippen molar-refractivity contribution in [3.05, 3.63) is 59.4 Å². The van der Waals surface area contributed by atoms with Crippen LogP contribution >= 0.6 is 0 Å². The number of nitrogens with zero attached hydrogens (tertiary/aromatic N) is 2. The van der Waals surface area contributed by atoms with E-state index in [1.54, 1.807) is 25.3 Å². The Hall–Kier alpha value is -2.44. The van der Waals surface area contributed by atoms with Crippen LogP contribution in [0.4, 0.5) is 4.39 Å². The Morgan fingerprint density at radius 1 is 1.21 bits per heavy atom. The summed E-state index contributed by atoms with van der Waals surface area (Å²) in [4.78, 5) is 7.56. The number of para-hydroxylation sites is 1. The highest BCUT2D eigenvalue weighted by molar-refractivity contribution is 6.01. The number of ether oxygens (including phenoxy) is 1. The molecule has 2 heterocycles. The van der Waals surface area contributed by atoms with Crippen molar-refractivity contribution in [1.29, 1.82) is 0 Å². The molecule has 0 amide bonds. The van der Waals surface area contributed by atoms with Gasteiger partial charge in [0.2, 0.25) is 0 Å². The highest BCUT2D eigenvalue weighted by Gasteiger charge is 2.40. The molecule has 0 aromatic heterocycles. The molecular weight excluding hydrogens is 369 g/mol. The number of methoxy groups -OCH3 is 1. The molecule has 1 spiro atoms. The summed E-state index contributed by atoms with van der Waals surface area (Å²) in [6, 6.07) is 12.0. The van der Waals surface area contributed by atoms with Crippen LogP contribution in [0.2, 0.25) is 0 Å². The van der Waals surface area contributed by atoms with Crippen molar-refractivity contribution in [2.24, 2.45) is 4.99 Å². The van der Waals surface area contributed by atoms with E-state index in [9.17, 15) is 9.50 Å². The topological polar surface area (TPSA) is 57.1 Å². The van der Waals surface area contributed by atoms with Gasteiger partial charge in [-0.25, -0.2) is 4.39 Å². The van der Waals surface area contributed by atoms with Crippen LogP contribution in [0.25, 0.3) is 0 Å². The highest BCUT2D eigenvalue weighted by Crippen LogP contribution is 2.40. The molecule has 0 radical (unpaired) electrons. The molecule has 2 aliphatic rings. The number of piperidine rings is 1. The fourth-order valence-corrected chi connectivity index (χ4v) is 4.40. The number of hydrogen-bond acceptors (Lipinski definition) is 5. The zero-order valence-corrected chi connectivity index (χ0v) is 17.0. The van der Waals surface area contributed by atoms with E-state index in [2.05, 4.69) is 17.1 Å². The molecule has 1 fully saturated rings. The molecule has 2 aromatic carbocycles. The maximum absolute atomic E-state index is 13.5. The van der Waals surface area contributed by atoms with Crippen LogP contribution < -0.4 is 10.1 Å². The number of phenolic OH excluding ortho intramolecular Hbond substituents is 1. The van der Waals surface area contributed by atoms with Gasteiger partial charge in [0.05, 0.1) is 7.11 Å². The fourth-order valence-electron chi connectivity index (χ4n) is 4.40. The molecule has 1 saturated heterocycles. The van der Waals surface area contributed by atoms with E-state index < -0.39 is 0 Å². The van der Waals surface area contributed by atoms with Gasteiger partial charge in [-0.2, -0.15) is 0 Å². The van der Waals surface area contributed by atoms with E-state index in [0.29, 0.717) is 12.2 Å². The second-order valence-electron chi connectivity index (χ2n) is 7.83. The van der Waals surface area contributed by atoms with Gasteiger partial charge in [-0.3, -0.25) is 10.3 Å². The van der Waals surface area contributed by atoms with Crippen molar-refractivity contribution in [2.45, 2.75) is 37.9 Å². The van der Waals surface area contributed by atoms with Crippen molar-refractivity contribution >= 4 is 5.71 Å². The normalized spacial score (nSPS) is 21.8. The monoisotopic (exact) mass is 397 g/mol. The lowest BCUT2D eigenvalue weighted by Gasteiger charge is -2.45. The molecule has 0 aliphatic carbocycles. The minimum absolute atomic E-state index is 0.101. The summed E-state index contributed by atoms with van der Waals surface area (Å²) in [5, 5.41) is 14.5. The third-order valence-corrected chi connectivity index (χ3v) is 6.12. The number of likely N-dealkylation sites (tertiary alicyclic amines) is 1. The third-order valence-electron chi connectivity index (χ3n) is 6.12. The van der Waals surface area contributed by atoms with E-state index >= 15 is 0 Å². The van der Waals surface area contributed by atoms with E-state index in [1.807, 2.05) is 12.1 Å². The molecule has 6 heteroatoms. The number of benzene rings is 2. The predicted molar refractivity (Wildman–Crippen MR) is 112 cm³/mol. The van der Waals surface area contributed by atoms with Gasteiger partial charge in [0, 0.05) is 36.8 Å². The molecule has 2 aliphatic heterocycles. The minimum atomic E-state index is -0.381. The lowest BCUT2D eigenvalue weighted by Crippen LogP contribution is -2.56. The number of phenols is 1. The van der Waals surface area contributed by atoms with Crippen molar-refractivity contribution in [2.75, 3.05) is 26.7 Å². The Bertz CT molecular complexity index is 889.